The van der Waals surface area contributed by atoms with E-state index in [0.717, 1.165) is 57.4 Å². The van der Waals surface area contributed by atoms with E-state index >= 15 is 0 Å². The average Bonchev–Trinajstić information content (AvgIpc) is 3.35. The molecule has 2 amide bonds. The van der Waals surface area contributed by atoms with Gasteiger partial charge in [0, 0.05) is 31.3 Å². The van der Waals surface area contributed by atoms with Crippen molar-refractivity contribution in [3.8, 4) is 5.75 Å². The molecule has 27 heavy (non-hydrogen) atoms. The summed E-state index contributed by atoms with van der Waals surface area (Å²) in [7, 11) is 0. The third kappa shape index (κ3) is 4.80. The summed E-state index contributed by atoms with van der Waals surface area (Å²) < 4.78 is 11.4. The Labute approximate surface area is 160 Å². The molecule has 2 saturated heterocycles. The number of hydrogen-bond acceptors (Lipinski definition) is 4. The first-order valence-corrected chi connectivity index (χ1v) is 10.1. The second kappa shape index (κ2) is 8.30. The Morgan fingerprint density at radius 3 is 2.44 bits per heavy atom. The van der Waals surface area contributed by atoms with Crippen LogP contribution in [0.2, 0.25) is 0 Å². The van der Waals surface area contributed by atoms with Gasteiger partial charge in [-0.15, -0.1) is 0 Å². The van der Waals surface area contributed by atoms with E-state index < -0.39 is 0 Å². The van der Waals surface area contributed by atoms with Crippen molar-refractivity contribution in [3.05, 3.63) is 29.8 Å². The van der Waals surface area contributed by atoms with Crippen molar-refractivity contribution in [2.24, 2.45) is 5.92 Å². The first kappa shape index (κ1) is 18.3. The topological polar surface area (TPSA) is 67.9 Å². The highest BCUT2D eigenvalue weighted by atomic mass is 16.5. The summed E-state index contributed by atoms with van der Waals surface area (Å²) in [5.74, 6) is 1.39. The second-order valence-corrected chi connectivity index (χ2v) is 7.85. The molecule has 6 heteroatoms. The minimum atomic E-state index is -0.214. The summed E-state index contributed by atoms with van der Waals surface area (Å²) >= 11 is 0. The molecular weight excluding hydrogens is 344 g/mol. The van der Waals surface area contributed by atoms with Gasteiger partial charge in [0.2, 0.25) is 0 Å². The van der Waals surface area contributed by atoms with Crippen LogP contribution in [0.1, 0.15) is 48.9 Å². The van der Waals surface area contributed by atoms with E-state index in [9.17, 15) is 9.59 Å². The van der Waals surface area contributed by atoms with E-state index in [4.69, 9.17) is 9.47 Å². The molecule has 1 aromatic rings. The van der Waals surface area contributed by atoms with Gasteiger partial charge in [0.05, 0.1) is 6.61 Å². The fourth-order valence-electron chi connectivity index (χ4n) is 3.71. The van der Waals surface area contributed by atoms with Crippen molar-refractivity contribution in [2.75, 3.05) is 26.3 Å². The van der Waals surface area contributed by atoms with Crippen molar-refractivity contribution in [2.45, 2.75) is 50.7 Å². The maximum absolute atomic E-state index is 12.4. The van der Waals surface area contributed by atoms with Crippen molar-refractivity contribution in [1.29, 1.82) is 0 Å². The van der Waals surface area contributed by atoms with Crippen LogP contribution >= 0.6 is 0 Å². The van der Waals surface area contributed by atoms with E-state index in [1.807, 2.05) is 29.2 Å². The van der Waals surface area contributed by atoms with Gasteiger partial charge < -0.3 is 19.7 Å². The second-order valence-electron chi connectivity index (χ2n) is 7.85. The van der Waals surface area contributed by atoms with Gasteiger partial charge in [0.15, 0.2) is 0 Å². The van der Waals surface area contributed by atoms with Crippen molar-refractivity contribution in [3.63, 3.8) is 0 Å². The maximum Gasteiger partial charge on any atom is 0.251 e. The molecule has 1 saturated carbocycles. The summed E-state index contributed by atoms with van der Waals surface area (Å²) in [6.07, 6.45) is 5.73. The first-order chi connectivity index (χ1) is 13.2. The Morgan fingerprint density at radius 2 is 1.81 bits per heavy atom. The van der Waals surface area contributed by atoms with Crippen LogP contribution in [0, 0.1) is 5.92 Å². The number of hydrogen-bond donors (Lipinski definition) is 1. The highest BCUT2D eigenvalue weighted by Crippen LogP contribution is 2.23. The van der Waals surface area contributed by atoms with Gasteiger partial charge in [-0.2, -0.15) is 0 Å². The van der Waals surface area contributed by atoms with E-state index in [0.29, 0.717) is 30.7 Å². The molecule has 6 nitrogen and oxygen atoms in total. The minimum Gasteiger partial charge on any atom is -0.493 e. The van der Waals surface area contributed by atoms with Crippen LogP contribution in [0.25, 0.3) is 0 Å². The van der Waals surface area contributed by atoms with Crippen LogP contribution in [-0.2, 0) is 9.53 Å². The molecule has 146 valence electrons. The highest BCUT2D eigenvalue weighted by Gasteiger charge is 2.31. The molecule has 1 aliphatic carbocycles. The zero-order valence-corrected chi connectivity index (χ0v) is 15.7. The van der Waals surface area contributed by atoms with Crippen LogP contribution in [-0.4, -0.2) is 55.2 Å². The summed E-state index contributed by atoms with van der Waals surface area (Å²) in [4.78, 5) is 26.3. The number of ether oxygens (including phenoxy) is 2. The van der Waals surface area contributed by atoms with Gasteiger partial charge >= 0.3 is 0 Å². The molecule has 3 fully saturated rings. The molecule has 4 rings (SSSR count). The zero-order chi connectivity index (χ0) is 18.6. The summed E-state index contributed by atoms with van der Waals surface area (Å²) in [6.45, 7) is 2.93. The number of rotatable bonds is 6. The molecule has 2 heterocycles. The lowest BCUT2D eigenvalue weighted by Gasteiger charge is -2.33. The Bertz CT molecular complexity index is 657. The van der Waals surface area contributed by atoms with Crippen LogP contribution in [0.5, 0.6) is 5.75 Å². The van der Waals surface area contributed by atoms with Crippen LogP contribution in [0.15, 0.2) is 24.3 Å². The van der Waals surface area contributed by atoms with Crippen LogP contribution in [0.3, 0.4) is 0 Å². The molecule has 2 aliphatic heterocycles. The lowest BCUT2D eigenvalue weighted by Crippen LogP contribution is -2.44. The number of nitrogens with one attached hydrogen (secondary N) is 1. The number of benzene rings is 1. The van der Waals surface area contributed by atoms with E-state index in [1.165, 1.54) is 0 Å². The summed E-state index contributed by atoms with van der Waals surface area (Å²) in [6, 6.07) is 7.72. The Balaban J connectivity index is 1.19. The Hall–Kier alpha value is -2.08. The lowest BCUT2D eigenvalue weighted by atomic mass is 9.97. The van der Waals surface area contributed by atoms with Gasteiger partial charge in [-0.3, -0.25) is 9.59 Å². The van der Waals surface area contributed by atoms with Crippen LogP contribution < -0.4 is 10.1 Å². The normalized spacial score (nSPS) is 23.3. The fourth-order valence-corrected chi connectivity index (χ4v) is 3.71. The number of nitrogens with zero attached hydrogens (tertiary/aromatic N) is 1. The van der Waals surface area contributed by atoms with Gasteiger partial charge in [0.1, 0.15) is 11.9 Å². The third-order valence-corrected chi connectivity index (χ3v) is 5.65. The monoisotopic (exact) mass is 372 g/mol. The van der Waals surface area contributed by atoms with Crippen molar-refractivity contribution < 1.29 is 19.1 Å². The highest BCUT2D eigenvalue weighted by molar-refractivity contribution is 5.94. The average molecular weight is 372 g/mol. The van der Waals surface area contributed by atoms with Crippen molar-refractivity contribution >= 4 is 11.8 Å². The SMILES string of the molecule is O=C(NC1CC1)c1ccc(OCC2CCN(C(=O)[C@@H]3CCCO3)CC2)cc1. The molecular formula is C21H28N2O4. The van der Waals surface area contributed by atoms with E-state index in [1.54, 1.807) is 0 Å². The first-order valence-electron chi connectivity index (χ1n) is 10.1. The number of carbonyl (C=O) groups excluding carboxylic acids is 2. The van der Waals surface area contributed by atoms with Gasteiger partial charge in [-0.25, -0.2) is 0 Å². The predicted molar refractivity (Wildman–Crippen MR) is 101 cm³/mol. The molecule has 0 unspecified atom stereocenters. The lowest BCUT2D eigenvalue weighted by molar-refractivity contribution is -0.142. The number of carbonyl (C=O) groups is 2. The smallest absolute Gasteiger partial charge is 0.251 e. The minimum absolute atomic E-state index is 0.00710. The molecule has 0 bridgehead atoms. The maximum atomic E-state index is 12.4. The standard InChI is InChI=1S/C21H28N2O4/c24-20(22-17-5-6-17)16-3-7-18(8-4-16)27-14-15-9-11-23(12-10-15)21(25)19-2-1-13-26-19/h3-4,7-8,15,17,19H,1-2,5-6,9-14H2,(H,22,24)/t19-/m0/s1. The quantitative estimate of drug-likeness (QED) is 0.833. The van der Waals surface area contributed by atoms with Crippen molar-refractivity contribution in [1.82, 2.24) is 10.2 Å². The summed E-state index contributed by atoms with van der Waals surface area (Å²) in [5, 5.41) is 2.99. The largest absolute Gasteiger partial charge is 0.493 e. The third-order valence-electron chi connectivity index (χ3n) is 5.65. The number of amides is 2. The molecule has 0 aromatic heterocycles. The van der Waals surface area contributed by atoms with Gasteiger partial charge in [-0.05, 0) is 68.7 Å². The molecule has 1 atom stereocenters. The van der Waals surface area contributed by atoms with Gasteiger partial charge in [-0.1, -0.05) is 0 Å². The zero-order valence-electron chi connectivity index (χ0n) is 15.7. The molecule has 3 aliphatic rings. The van der Waals surface area contributed by atoms with Crippen LogP contribution in [0.4, 0.5) is 0 Å². The summed E-state index contributed by atoms with van der Waals surface area (Å²) in [5.41, 5.74) is 0.676. The number of piperidine rings is 1. The van der Waals surface area contributed by atoms with E-state index in [2.05, 4.69) is 5.32 Å². The predicted octanol–water partition coefficient (Wildman–Crippen LogP) is 2.38. The molecule has 1 aromatic carbocycles. The Morgan fingerprint density at radius 1 is 1.07 bits per heavy atom. The Kier molecular flexibility index (Phi) is 5.62. The molecule has 1 N–H and O–H groups in total. The number of likely N-dealkylation sites (tertiary alicyclic amines) is 1. The van der Waals surface area contributed by atoms with Gasteiger partial charge in [0.25, 0.3) is 11.8 Å². The van der Waals surface area contributed by atoms with E-state index in [-0.39, 0.29) is 17.9 Å². The molecule has 0 spiro atoms. The molecule has 0 radical (unpaired) electrons. The fraction of sp³-hybridized carbons (Fsp3) is 0.619.